The fraction of sp³-hybridized carbons (Fsp3) is 0.615. The summed E-state index contributed by atoms with van der Waals surface area (Å²) in [6.45, 7) is 4.49. The molecule has 15 heavy (non-hydrogen) atoms. The topological polar surface area (TPSA) is 24.9 Å². The number of aromatic nitrogens is 1. The average Bonchev–Trinajstić information content (AvgIpc) is 2.28. The first-order chi connectivity index (χ1) is 7.36. The maximum atomic E-state index is 4.02. The van der Waals surface area contributed by atoms with E-state index in [2.05, 4.69) is 24.1 Å². The van der Waals surface area contributed by atoms with Crippen LogP contribution in [0.1, 0.15) is 46.0 Å². The molecule has 0 bridgehead atoms. The Labute approximate surface area is 93.1 Å². The zero-order chi connectivity index (χ0) is 10.9. The van der Waals surface area contributed by atoms with E-state index in [1.165, 1.54) is 37.8 Å². The molecule has 84 valence electrons. The third kappa shape index (κ3) is 4.82. The summed E-state index contributed by atoms with van der Waals surface area (Å²) in [5.41, 5.74) is 1.19. The van der Waals surface area contributed by atoms with Crippen molar-refractivity contribution in [1.82, 2.24) is 4.98 Å². The summed E-state index contributed by atoms with van der Waals surface area (Å²) in [4.78, 5) is 4.02. The standard InChI is InChI=1S/C13H22N2/c1-3-5-7-12(6-4-2)15-13-8-10-14-11-9-13/h8-12H,3-7H2,1-2H3,(H,14,15). The molecule has 1 atom stereocenters. The first-order valence-electron chi connectivity index (χ1n) is 6.03. The maximum Gasteiger partial charge on any atom is 0.0373 e. The van der Waals surface area contributed by atoms with Gasteiger partial charge in [-0.25, -0.2) is 0 Å². The lowest BCUT2D eigenvalue weighted by atomic mass is 10.0. The van der Waals surface area contributed by atoms with Crippen molar-refractivity contribution in [3.63, 3.8) is 0 Å². The first kappa shape index (κ1) is 12.0. The van der Waals surface area contributed by atoms with Crippen molar-refractivity contribution >= 4 is 5.69 Å². The van der Waals surface area contributed by atoms with Crippen molar-refractivity contribution in [3.05, 3.63) is 24.5 Å². The highest BCUT2D eigenvalue weighted by atomic mass is 14.9. The molecule has 2 nitrogen and oxygen atoms in total. The quantitative estimate of drug-likeness (QED) is 0.733. The van der Waals surface area contributed by atoms with Crippen molar-refractivity contribution in [2.45, 2.75) is 52.0 Å². The van der Waals surface area contributed by atoms with Crippen LogP contribution in [0.4, 0.5) is 5.69 Å². The van der Waals surface area contributed by atoms with Crippen LogP contribution < -0.4 is 5.32 Å². The van der Waals surface area contributed by atoms with Crippen LogP contribution in [0.25, 0.3) is 0 Å². The molecular formula is C13H22N2. The van der Waals surface area contributed by atoms with Crippen LogP contribution in [0.5, 0.6) is 0 Å². The van der Waals surface area contributed by atoms with Crippen LogP contribution in [0.15, 0.2) is 24.5 Å². The second-order valence-electron chi connectivity index (χ2n) is 4.01. The number of pyridine rings is 1. The van der Waals surface area contributed by atoms with Gasteiger partial charge in [0.15, 0.2) is 0 Å². The number of nitrogens with one attached hydrogen (secondary N) is 1. The summed E-state index contributed by atoms with van der Waals surface area (Å²) in [6, 6.07) is 4.70. The van der Waals surface area contributed by atoms with E-state index in [0.717, 1.165) is 0 Å². The fourth-order valence-corrected chi connectivity index (χ4v) is 1.77. The van der Waals surface area contributed by atoms with Gasteiger partial charge in [-0.1, -0.05) is 33.1 Å². The van der Waals surface area contributed by atoms with Gasteiger partial charge in [0.2, 0.25) is 0 Å². The van der Waals surface area contributed by atoms with Crippen molar-refractivity contribution in [2.75, 3.05) is 5.32 Å². The molecule has 0 aliphatic carbocycles. The Balaban J connectivity index is 2.43. The fourth-order valence-electron chi connectivity index (χ4n) is 1.77. The molecule has 0 aliphatic heterocycles. The molecule has 1 unspecified atom stereocenters. The van der Waals surface area contributed by atoms with E-state index in [4.69, 9.17) is 0 Å². The summed E-state index contributed by atoms with van der Waals surface area (Å²) >= 11 is 0. The van der Waals surface area contributed by atoms with E-state index in [0.29, 0.717) is 6.04 Å². The van der Waals surface area contributed by atoms with E-state index in [1.807, 2.05) is 24.5 Å². The molecule has 1 N–H and O–H groups in total. The van der Waals surface area contributed by atoms with Crippen molar-refractivity contribution < 1.29 is 0 Å². The van der Waals surface area contributed by atoms with E-state index in [9.17, 15) is 0 Å². The van der Waals surface area contributed by atoms with E-state index >= 15 is 0 Å². The highest BCUT2D eigenvalue weighted by Gasteiger charge is 2.06. The largest absolute Gasteiger partial charge is 0.382 e. The summed E-state index contributed by atoms with van der Waals surface area (Å²) in [6.07, 6.45) is 10.0. The minimum atomic E-state index is 0.623. The molecule has 1 aromatic rings. The number of unbranched alkanes of at least 4 members (excludes halogenated alkanes) is 1. The number of nitrogens with zero attached hydrogens (tertiary/aromatic N) is 1. The van der Waals surface area contributed by atoms with Crippen LogP contribution in [0.2, 0.25) is 0 Å². The Morgan fingerprint density at radius 3 is 2.47 bits per heavy atom. The Bertz CT molecular complexity index is 246. The molecule has 0 radical (unpaired) electrons. The first-order valence-corrected chi connectivity index (χ1v) is 6.03. The van der Waals surface area contributed by atoms with Gasteiger partial charge in [-0.2, -0.15) is 0 Å². The average molecular weight is 206 g/mol. The smallest absolute Gasteiger partial charge is 0.0373 e. The number of hydrogen-bond acceptors (Lipinski definition) is 2. The van der Waals surface area contributed by atoms with Gasteiger partial charge in [0.1, 0.15) is 0 Å². The van der Waals surface area contributed by atoms with Gasteiger partial charge in [-0.3, -0.25) is 4.98 Å². The van der Waals surface area contributed by atoms with Crippen LogP contribution in [0.3, 0.4) is 0 Å². The number of rotatable bonds is 7. The second-order valence-corrected chi connectivity index (χ2v) is 4.01. The number of hydrogen-bond donors (Lipinski definition) is 1. The Kier molecular flexibility index (Phi) is 5.83. The third-order valence-electron chi connectivity index (χ3n) is 2.59. The Hall–Kier alpha value is -1.05. The second kappa shape index (κ2) is 7.27. The highest BCUT2D eigenvalue weighted by molar-refractivity contribution is 5.41. The molecular weight excluding hydrogens is 184 g/mol. The predicted molar refractivity (Wildman–Crippen MR) is 66.1 cm³/mol. The predicted octanol–water partition coefficient (Wildman–Crippen LogP) is 3.85. The highest BCUT2D eigenvalue weighted by Crippen LogP contribution is 2.13. The zero-order valence-electron chi connectivity index (χ0n) is 9.87. The Morgan fingerprint density at radius 1 is 1.13 bits per heavy atom. The van der Waals surface area contributed by atoms with Gasteiger partial charge in [0.25, 0.3) is 0 Å². The van der Waals surface area contributed by atoms with Crippen molar-refractivity contribution in [1.29, 1.82) is 0 Å². The Morgan fingerprint density at radius 2 is 1.87 bits per heavy atom. The van der Waals surface area contributed by atoms with Gasteiger partial charge in [-0.15, -0.1) is 0 Å². The lowest BCUT2D eigenvalue weighted by Crippen LogP contribution is -2.19. The maximum absolute atomic E-state index is 4.02. The van der Waals surface area contributed by atoms with Gasteiger partial charge in [-0.05, 0) is 25.0 Å². The molecule has 0 spiro atoms. The van der Waals surface area contributed by atoms with E-state index < -0.39 is 0 Å². The molecule has 2 heteroatoms. The molecule has 0 amide bonds. The molecule has 0 fully saturated rings. The summed E-state index contributed by atoms with van der Waals surface area (Å²) < 4.78 is 0. The van der Waals surface area contributed by atoms with Gasteiger partial charge in [0.05, 0.1) is 0 Å². The van der Waals surface area contributed by atoms with Crippen LogP contribution in [-0.4, -0.2) is 11.0 Å². The monoisotopic (exact) mass is 206 g/mol. The molecule has 0 saturated carbocycles. The van der Waals surface area contributed by atoms with Crippen molar-refractivity contribution in [3.8, 4) is 0 Å². The van der Waals surface area contributed by atoms with E-state index in [-0.39, 0.29) is 0 Å². The van der Waals surface area contributed by atoms with Gasteiger partial charge >= 0.3 is 0 Å². The van der Waals surface area contributed by atoms with Gasteiger partial charge < -0.3 is 5.32 Å². The zero-order valence-corrected chi connectivity index (χ0v) is 9.87. The molecule has 1 heterocycles. The van der Waals surface area contributed by atoms with Crippen LogP contribution >= 0.6 is 0 Å². The molecule has 1 aromatic heterocycles. The molecule has 0 saturated heterocycles. The van der Waals surface area contributed by atoms with Crippen molar-refractivity contribution in [2.24, 2.45) is 0 Å². The normalized spacial score (nSPS) is 12.4. The minimum absolute atomic E-state index is 0.623. The summed E-state index contributed by atoms with van der Waals surface area (Å²) in [7, 11) is 0. The number of anilines is 1. The molecule has 0 aliphatic rings. The summed E-state index contributed by atoms with van der Waals surface area (Å²) in [5.74, 6) is 0. The summed E-state index contributed by atoms with van der Waals surface area (Å²) in [5, 5.41) is 3.57. The molecule has 1 rings (SSSR count). The van der Waals surface area contributed by atoms with E-state index in [1.54, 1.807) is 0 Å². The minimum Gasteiger partial charge on any atom is -0.382 e. The molecule has 0 aromatic carbocycles. The SMILES string of the molecule is CCCCC(CCC)Nc1ccncc1. The van der Waals surface area contributed by atoms with Gasteiger partial charge in [0, 0.05) is 24.1 Å². The third-order valence-corrected chi connectivity index (χ3v) is 2.59. The van der Waals surface area contributed by atoms with Crippen LogP contribution in [0, 0.1) is 0 Å². The lowest BCUT2D eigenvalue weighted by molar-refractivity contribution is 0.564. The lowest BCUT2D eigenvalue weighted by Gasteiger charge is -2.18. The van der Waals surface area contributed by atoms with Crippen LogP contribution in [-0.2, 0) is 0 Å².